The molecular weight excluding hydrogens is 439 g/mol. The third-order valence-electron chi connectivity index (χ3n) is 5.32. The minimum absolute atomic E-state index is 0.0783. The number of aryl methyl sites for hydroxylation is 1. The van der Waals surface area contributed by atoms with E-state index in [-0.39, 0.29) is 10.6 Å². The number of hydrogen-bond acceptors (Lipinski definition) is 4. The molecule has 0 spiro atoms. The van der Waals surface area contributed by atoms with Crippen LogP contribution >= 0.6 is 23.2 Å². The molecule has 0 aromatic heterocycles. The third-order valence-corrected chi connectivity index (χ3v) is 6.06. The molecule has 0 aliphatic carbocycles. The Morgan fingerprint density at radius 3 is 2.42 bits per heavy atom. The molecule has 0 saturated carbocycles. The number of nitrogens with zero attached hydrogens (tertiary/aromatic N) is 1. The molecule has 1 aliphatic rings. The Bertz CT molecular complexity index is 1070. The van der Waals surface area contributed by atoms with E-state index in [2.05, 4.69) is 0 Å². The van der Waals surface area contributed by atoms with Crippen LogP contribution in [-0.2, 0) is 9.59 Å². The van der Waals surface area contributed by atoms with Gasteiger partial charge in [0.05, 0.1) is 50.4 Å². The molecule has 6 nitrogen and oxygen atoms in total. The molecular formula is C23H24Cl2N2O4. The van der Waals surface area contributed by atoms with E-state index in [0.717, 1.165) is 4.90 Å². The van der Waals surface area contributed by atoms with E-state index in [4.69, 9.17) is 27.9 Å². The Hall–Kier alpha value is -2.54. The number of methoxy groups -OCH3 is 1. The zero-order valence-corrected chi connectivity index (χ0v) is 19.3. The molecule has 1 unspecified atom stereocenters. The number of carbonyl (C=O) groups is 2. The molecule has 2 aromatic rings. The first-order valence-electron chi connectivity index (χ1n) is 9.81. The summed E-state index contributed by atoms with van der Waals surface area (Å²) in [6, 6.07) is 9.05. The van der Waals surface area contributed by atoms with Crippen molar-refractivity contribution in [2.24, 2.45) is 0 Å². The fraction of sp³-hybridized carbons (Fsp3) is 0.304. The Kier molecular flexibility index (Phi) is 6.94. The third kappa shape index (κ3) is 4.56. The minimum atomic E-state index is -0.830. The van der Waals surface area contributed by atoms with Crippen molar-refractivity contribution in [2.75, 3.05) is 34.3 Å². The normalized spacial score (nSPS) is 18.2. The van der Waals surface area contributed by atoms with Crippen LogP contribution in [0.4, 0.5) is 0 Å². The lowest BCUT2D eigenvalue weighted by Crippen LogP contribution is -3.06. The van der Waals surface area contributed by atoms with Crippen LogP contribution in [0.2, 0.25) is 10.0 Å². The number of nitrogens with one attached hydrogen (secondary N) is 1. The maximum Gasteiger partial charge on any atom is 0.295 e. The quantitative estimate of drug-likeness (QED) is 0.402. The molecule has 0 bridgehead atoms. The molecule has 164 valence electrons. The van der Waals surface area contributed by atoms with Crippen molar-refractivity contribution in [3.05, 3.63) is 68.7 Å². The van der Waals surface area contributed by atoms with Crippen LogP contribution in [-0.4, -0.2) is 50.9 Å². The molecule has 1 N–H and O–H groups in total. The van der Waals surface area contributed by atoms with Gasteiger partial charge in [0.25, 0.3) is 5.91 Å². The first-order chi connectivity index (χ1) is 14.6. The highest BCUT2D eigenvalue weighted by Crippen LogP contribution is 2.40. The Morgan fingerprint density at radius 2 is 1.84 bits per heavy atom. The van der Waals surface area contributed by atoms with Crippen molar-refractivity contribution in [3.8, 4) is 5.75 Å². The summed E-state index contributed by atoms with van der Waals surface area (Å²) in [6.07, 6.45) is 0. The van der Waals surface area contributed by atoms with Gasteiger partial charge in [-0.2, -0.15) is 0 Å². The van der Waals surface area contributed by atoms with Crippen molar-refractivity contribution in [3.63, 3.8) is 0 Å². The fourth-order valence-corrected chi connectivity index (χ4v) is 3.94. The van der Waals surface area contributed by atoms with Gasteiger partial charge < -0.3 is 19.6 Å². The summed E-state index contributed by atoms with van der Waals surface area (Å²) in [5.41, 5.74) is 1.49. The van der Waals surface area contributed by atoms with Gasteiger partial charge in [-0.25, -0.2) is 0 Å². The Morgan fingerprint density at radius 1 is 1.13 bits per heavy atom. The van der Waals surface area contributed by atoms with Gasteiger partial charge in [-0.15, -0.1) is 0 Å². The molecule has 1 aliphatic heterocycles. The van der Waals surface area contributed by atoms with Gasteiger partial charge in [0, 0.05) is 5.57 Å². The van der Waals surface area contributed by atoms with E-state index in [0.29, 0.717) is 40.6 Å². The van der Waals surface area contributed by atoms with Gasteiger partial charge in [0.2, 0.25) is 5.78 Å². The van der Waals surface area contributed by atoms with E-state index >= 15 is 0 Å². The van der Waals surface area contributed by atoms with E-state index in [9.17, 15) is 14.7 Å². The van der Waals surface area contributed by atoms with Gasteiger partial charge >= 0.3 is 0 Å². The summed E-state index contributed by atoms with van der Waals surface area (Å²) in [5.74, 6) is -1.35. The predicted molar refractivity (Wildman–Crippen MR) is 118 cm³/mol. The largest absolute Gasteiger partial charge is 0.872 e. The van der Waals surface area contributed by atoms with Gasteiger partial charge in [0.15, 0.2) is 0 Å². The molecule has 0 radical (unpaired) electrons. The molecule has 1 heterocycles. The Labute approximate surface area is 191 Å². The predicted octanol–water partition coefficient (Wildman–Crippen LogP) is 1.68. The molecule has 1 atom stereocenters. The van der Waals surface area contributed by atoms with Crippen LogP contribution in [0.25, 0.3) is 5.76 Å². The second-order valence-electron chi connectivity index (χ2n) is 7.78. The monoisotopic (exact) mass is 462 g/mol. The number of hydrogen-bond donors (Lipinski definition) is 1. The highest BCUT2D eigenvalue weighted by Gasteiger charge is 2.44. The minimum Gasteiger partial charge on any atom is -0.872 e. The highest BCUT2D eigenvalue weighted by molar-refractivity contribution is 6.46. The van der Waals surface area contributed by atoms with E-state index in [1.165, 1.54) is 12.0 Å². The number of ether oxygens (including phenoxy) is 1. The van der Waals surface area contributed by atoms with Crippen molar-refractivity contribution in [1.82, 2.24) is 4.90 Å². The van der Waals surface area contributed by atoms with Crippen LogP contribution in [0.1, 0.15) is 22.7 Å². The summed E-state index contributed by atoms with van der Waals surface area (Å²) < 4.78 is 5.20. The molecule has 31 heavy (non-hydrogen) atoms. The number of quaternary nitrogens is 1. The number of carbonyl (C=O) groups excluding carboxylic acids is 2. The standard InChI is InChI=1S/C23H24Cl2N2O4/c1-13-11-15(31-4)6-7-16(13)21(28)19-20(14-5-8-17(24)18(25)12-14)27(10-9-26(2)3)23(30)22(19)29/h5-8,11-12,20,28H,9-10H2,1-4H3. The van der Waals surface area contributed by atoms with Gasteiger partial charge in [-0.05, 0) is 47.9 Å². The molecule has 2 aromatic carbocycles. The summed E-state index contributed by atoms with van der Waals surface area (Å²) in [5, 5.41) is 14.1. The number of Topliss-reactive ketones (excluding diaryl/α,β-unsaturated/α-hetero) is 1. The highest BCUT2D eigenvalue weighted by atomic mass is 35.5. The maximum absolute atomic E-state index is 13.5. The van der Waals surface area contributed by atoms with Crippen molar-refractivity contribution >= 4 is 40.7 Å². The van der Waals surface area contributed by atoms with Gasteiger partial charge in [-0.3, -0.25) is 9.59 Å². The summed E-state index contributed by atoms with van der Waals surface area (Å²) >= 11 is 12.3. The van der Waals surface area contributed by atoms with Crippen LogP contribution in [0, 0.1) is 6.92 Å². The lowest BCUT2D eigenvalue weighted by atomic mass is 9.94. The van der Waals surface area contributed by atoms with Crippen molar-refractivity contribution < 1.29 is 24.3 Å². The second-order valence-corrected chi connectivity index (χ2v) is 8.60. The van der Waals surface area contributed by atoms with Crippen LogP contribution in [0.3, 0.4) is 0 Å². The number of amides is 1. The summed E-state index contributed by atoms with van der Waals surface area (Å²) in [6.45, 7) is 2.69. The SMILES string of the molecule is COc1ccc(C([O-])=C2C(=O)C(=O)N(CC[NH+](C)C)C2c2ccc(Cl)c(Cl)c2)c(C)c1. The first-order valence-corrected chi connectivity index (χ1v) is 10.6. The topological polar surface area (TPSA) is 74.1 Å². The average molecular weight is 463 g/mol. The molecule has 8 heteroatoms. The van der Waals surface area contributed by atoms with Crippen LogP contribution in [0.5, 0.6) is 5.75 Å². The van der Waals surface area contributed by atoms with Gasteiger partial charge in [0.1, 0.15) is 5.75 Å². The van der Waals surface area contributed by atoms with Crippen molar-refractivity contribution in [2.45, 2.75) is 13.0 Å². The molecule has 1 saturated heterocycles. The van der Waals surface area contributed by atoms with Crippen LogP contribution in [0.15, 0.2) is 42.0 Å². The fourth-order valence-electron chi connectivity index (χ4n) is 3.64. The second kappa shape index (κ2) is 9.30. The molecule has 1 fully saturated rings. The van der Waals surface area contributed by atoms with Crippen molar-refractivity contribution in [1.29, 1.82) is 0 Å². The molecule has 3 rings (SSSR count). The van der Waals surface area contributed by atoms with E-state index in [1.54, 1.807) is 43.3 Å². The lowest BCUT2D eigenvalue weighted by molar-refractivity contribution is -0.857. The Balaban J connectivity index is 2.19. The number of halogens is 2. The lowest BCUT2D eigenvalue weighted by Gasteiger charge is -2.28. The summed E-state index contributed by atoms with van der Waals surface area (Å²) in [4.78, 5) is 28.5. The zero-order chi connectivity index (χ0) is 22.9. The van der Waals surface area contributed by atoms with Gasteiger partial charge in [-0.1, -0.05) is 41.1 Å². The maximum atomic E-state index is 13.5. The zero-order valence-electron chi connectivity index (χ0n) is 17.8. The average Bonchev–Trinajstić information content (AvgIpc) is 2.98. The van der Waals surface area contributed by atoms with E-state index < -0.39 is 23.5 Å². The number of likely N-dealkylation sites (N-methyl/N-ethyl adjacent to an activating group) is 1. The number of rotatable bonds is 6. The molecule has 1 amide bonds. The number of ketones is 1. The van der Waals surface area contributed by atoms with E-state index in [1.807, 2.05) is 14.1 Å². The first kappa shape index (κ1) is 23.1. The smallest absolute Gasteiger partial charge is 0.295 e. The number of likely N-dealkylation sites (tertiary alicyclic amines) is 1. The van der Waals surface area contributed by atoms with Crippen LogP contribution < -0.4 is 14.7 Å². The number of benzene rings is 2. The summed E-state index contributed by atoms with van der Waals surface area (Å²) in [7, 11) is 5.44.